The highest BCUT2D eigenvalue weighted by Gasteiger charge is 2.20. The van der Waals surface area contributed by atoms with Crippen LogP contribution < -0.4 is 5.32 Å². The summed E-state index contributed by atoms with van der Waals surface area (Å²) in [5, 5.41) is 22.0. The van der Waals surface area contributed by atoms with Gasteiger partial charge in [0.15, 0.2) is 6.29 Å². The Bertz CT molecular complexity index is 370. The molecule has 0 aliphatic heterocycles. The first-order valence-electron chi connectivity index (χ1n) is 4.85. The van der Waals surface area contributed by atoms with E-state index in [1.165, 1.54) is 6.07 Å². The topological polar surface area (TPSA) is 69.6 Å². The Labute approximate surface area is 92.7 Å². The number of benzene rings is 1. The minimum Gasteiger partial charge on any atom is -0.389 e. The Hall–Kier alpha value is -1.30. The van der Waals surface area contributed by atoms with Crippen molar-refractivity contribution in [3.63, 3.8) is 0 Å². The highest BCUT2D eigenvalue weighted by Crippen LogP contribution is 2.20. The quantitative estimate of drug-likeness (QED) is 0.631. The van der Waals surface area contributed by atoms with Gasteiger partial charge < -0.3 is 15.5 Å². The van der Waals surface area contributed by atoms with E-state index in [0.717, 1.165) is 12.1 Å². The minimum absolute atomic E-state index is 0.0441. The molecule has 0 aliphatic carbocycles. The van der Waals surface area contributed by atoms with Crippen LogP contribution in [0.2, 0.25) is 0 Å². The van der Waals surface area contributed by atoms with Gasteiger partial charge in [0, 0.05) is 12.1 Å². The number of aldehydes is 1. The molecule has 3 N–H and O–H groups in total. The van der Waals surface area contributed by atoms with Gasteiger partial charge in [-0.3, -0.25) is 4.79 Å². The molecule has 2 unspecified atom stereocenters. The van der Waals surface area contributed by atoms with Crippen molar-refractivity contribution in [1.82, 2.24) is 5.32 Å². The van der Waals surface area contributed by atoms with E-state index in [2.05, 4.69) is 5.32 Å². The lowest BCUT2D eigenvalue weighted by Gasteiger charge is -2.19. The maximum Gasteiger partial charge on any atom is 0.150 e. The summed E-state index contributed by atoms with van der Waals surface area (Å²) in [5.41, 5.74) is 0.266. The molecule has 0 heterocycles. The Morgan fingerprint density at radius 1 is 1.50 bits per heavy atom. The van der Waals surface area contributed by atoms with E-state index < -0.39 is 18.0 Å². The van der Waals surface area contributed by atoms with Crippen molar-refractivity contribution >= 4 is 6.29 Å². The van der Waals surface area contributed by atoms with E-state index in [1.807, 2.05) is 0 Å². The van der Waals surface area contributed by atoms with Gasteiger partial charge in [0.2, 0.25) is 0 Å². The summed E-state index contributed by atoms with van der Waals surface area (Å²) in [7, 11) is 1.63. The molecule has 2 atom stereocenters. The Kier molecular flexibility index (Phi) is 4.54. The third kappa shape index (κ3) is 2.85. The fourth-order valence-electron chi connectivity index (χ4n) is 1.45. The van der Waals surface area contributed by atoms with Crippen molar-refractivity contribution in [3.05, 3.63) is 35.1 Å². The first kappa shape index (κ1) is 12.8. The number of carbonyl (C=O) groups is 1. The number of hydrogen-bond donors (Lipinski definition) is 3. The van der Waals surface area contributed by atoms with Crippen molar-refractivity contribution < 1.29 is 19.4 Å². The van der Waals surface area contributed by atoms with Gasteiger partial charge in [0.05, 0.1) is 6.10 Å². The molecule has 0 radical (unpaired) electrons. The largest absolute Gasteiger partial charge is 0.389 e. The standard InChI is InChI=1S/C11H14FNO3/c1-13-5-10(15)11(16)9-3-2-8(12)4-7(9)6-14/h2-4,6,10-11,13,15-16H,5H2,1H3. The molecule has 0 amide bonds. The monoisotopic (exact) mass is 227 g/mol. The van der Waals surface area contributed by atoms with Crippen LogP contribution in [0.15, 0.2) is 18.2 Å². The van der Waals surface area contributed by atoms with Crippen LogP contribution in [0.1, 0.15) is 22.0 Å². The lowest BCUT2D eigenvalue weighted by atomic mass is 9.99. The van der Waals surface area contributed by atoms with Crippen molar-refractivity contribution in [2.45, 2.75) is 12.2 Å². The van der Waals surface area contributed by atoms with Gasteiger partial charge in [-0.25, -0.2) is 4.39 Å². The Morgan fingerprint density at radius 2 is 2.19 bits per heavy atom. The second-order valence-electron chi connectivity index (χ2n) is 3.46. The molecule has 1 rings (SSSR count). The predicted molar refractivity (Wildman–Crippen MR) is 56.7 cm³/mol. The molecular formula is C11H14FNO3. The lowest BCUT2D eigenvalue weighted by Crippen LogP contribution is -2.30. The number of aliphatic hydroxyl groups is 2. The van der Waals surface area contributed by atoms with Crippen LogP contribution in [0.3, 0.4) is 0 Å². The molecule has 4 nitrogen and oxygen atoms in total. The van der Waals surface area contributed by atoms with E-state index in [0.29, 0.717) is 6.29 Å². The van der Waals surface area contributed by atoms with Crippen LogP contribution in [0.4, 0.5) is 4.39 Å². The Morgan fingerprint density at radius 3 is 2.75 bits per heavy atom. The van der Waals surface area contributed by atoms with Crippen molar-refractivity contribution in [2.75, 3.05) is 13.6 Å². The summed E-state index contributed by atoms with van der Waals surface area (Å²) >= 11 is 0. The first-order chi connectivity index (χ1) is 7.60. The third-order valence-corrected chi connectivity index (χ3v) is 2.27. The third-order valence-electron chi connectivity index (χ3n) is 2.27. The van der Waals surface area contributed by atoms with Crippen molar-refractivity contribution in [2.24, 2.45) is 0 Å². The fraction of sp³-hybridized carbons (Fsp3) is 0.364. The highest BCUT2D eigenvalue weighted by atomic mass is 19.1. The van der Waals surface area contributed by atoms with Crippen LogP contribution in [-0.4, -0.2) is 36.2 Å². The number of halogens is 1. The number of carbonyl (C=O) groups excluding carboxylic acids is 1. The molecule has 0 bridgehead atoms. The summed E-state index contributed by atoms with van der Waals surface area (Å²) in [6.07, 6.45) is -1.81. The zero-order chi connectivity index (χ0) is 12.1. The molecule has 16 heavy (non-hydrogen) atoms. The van der Waals surface area contributed by atoms with Crippen molar-refractivity contribution in [1.29, 1.82) is 0 Å². The number of nitrogens with one attached hydrogen (secondary N) is 1. The Balaban J connectivity index is 2.98. The summed E-state index contributed by atoms with van der Waals surface area (Å²) in [6, 6.07) is 3.46. The summed E-state index contributed by atoms with van der Waals surface area (Å²) in [4.78, 5) is 10.7. The molecule has 0 aliphatic rings. The van der Waals surface area contributed by atoms with Gasteiger partial charge in [-0.15, -0.1) is 0 Å². The molecular weight excluding hydrogens is 213 g/mol. The van der Waals surface area contributed by atoms with Crippen LogP contribution in [0, 0.1) is 5.82 Å². The number of rotatable bonds is 5. The molecule has 0 spiro atoms. The van der Waals surface area contributed by atoms with Crippen LogP contribution in [-0.2, 0) is 0 Å². The molecule has 1 aromatic carbocycles. The number of aliphatic hydroxyl groups excluding tert-OH is 2. The highest BCUT2D eigenvalue weighted by molar-refractivity contribution is 5.77. The normalized spacial score (nSPS) is 14.5. The van der Waals surface area contributed by atoms with Crippen LogP contribution in [0.25, 0.3) is 0 Å². The van der Waals surface area contributed by atoms with Gasteiger partial charge in [-0.2, -0.15) is 0 Å². The summed E-state index contributed by atoms with van der Waals surface area (Å²) in [5.74, 6) is -0.554. The van der Waals surface area contributed by atoms with E-state index in [9.17, 15) is 19.4 Å². The lowest BCUT2D eigenvalue weighted by molar-refractivity contribution is 0.0198. The SMILES string of the molecule is CNCC(O)C(O)c1ccc(F)cc1C=O. The number of hydrogen-bond acceptors (Lipinski definition) is 4. The minimum atomic E-state index is -1.21. The van der Waals surface area contributed by atoms with E-state index in [4.69, 9.17) is 0 Å². The van der Waals surface area contributed by atoms with Crippen molar-refractivity contribution in [3.8, 4) is 0 Å². The molecule has 0 saturated carbocycles. The predicted octanol–water partition coefficient (Wildman–Crippen LogP) is 0.252. The molecule has 5 heteroatoms. The second-order valence-corrected chi connectivity index (χ2v) is 3.46. The van der Waals surface area contributed by atoms with E-state index in [1.54, 1.807) is 7.05 Å². The fourth-order valence-corrected chi connectivity index (χ4v) is 1.45. The molecule has 0 saturated heterocycles. The van der Waals surface area contributed by atoms with E-state index in [-0.39, 0.29) is 17.7 Å². The molecule has 0 aromatic heterocycles. The average Bonchev–Trinajstić information content (AvgIpc) is 2.28. The zero-order valence-corrected chi connectivity index (χ0v) is 8.85. The van der Waals surface area contributed by atoms with Gasteiger partial charge in [-0.05, 0) is 24.7 Å². The maximum atomic E-state index is 12.8. The van der Waals surface area contributed by atoms with Gasteiger partial charge in [0.25, 0.3) is 0 Å². The van der Waals surface area contributed by atoms with E-state index >= 15 is 0 Å². The summed E-state index contributed by atoms with van der Waals surface area (Å²) in [6.45, 7) is 0.177. The summed E-state index contributed by atoms with van der Waals surface area (Å²) < 4.78 is 12.8. The molecule has 1 aromatic rings. The van der Waals surface area contributed by atoms with Crippen LogP contribution >= 0.6 is 0 Å². The molecule has 88 valence electrons. The first-order valence-corrected chi connectivity index (χ1v) is 4.85. The van der Waals surface area contributed by atoms with Gasteiger partial charge in [-0.1, -0.05) is 6.07 Å². The van der Waals surface area contributed by atoms with Gasteiger partial charge in [0.1, 0.15) is 11.9 Å². The maximum absolute atomic E-state index is 12.8. The van der Waals surface area contributed by atoms with Crippen LogP contribution in [0.5, 0.6) is 0 Å². The van der Waals surface area contributed by atoms with Gasteiger partial charge >= 0.3 is 0 Å². The molecule has 0 fully saturated rings. The zero-order valence-electron chi connectivity index (χ0n) is 8.85. The number of likely N-dealkylation sites (N-methyl/N-ethyl adjacent to an activating group) is 1. The average molecular weight is 227 g/mol. The smallest absolute Gasteiger partial charge is 0.150 e. The second kappa shape index (κ2) is 5.69.